The van der Waals surface area contributed by atoms with Gasteiger partial charge in [-0.2, -0.15) is 5.10 Å². The molecule has 1 unspecified atom stereocenters. The summed E-state index contributed by atoms with van der Waals surface area (Å²) in [6.07, 6.45) is 6.30. The van der Waals surface area contributed by atoms with Crippen LogP contribution in [0.3, 0.4) is 0 Å². The Hall–Kier alpha value is -0.900. The molecule has 0 aliphatic carbocycles. The monoisotopic (exact) mass is 224 g/mol. The molecule has 1 rings (SSSR count). The van der Waals surface area contributed by atoms with Crippen molar-refractivity contribution in [2.75, 3.05) is 6.54 Å². The highest BCUT2D eigenvalue weighted by Gasteiger charge is 2.06. The summed E-state index contributed by atoms with van der Waals surface area (Å²) in [6, 6.07) is 0.656. The minimum Gasteiger partial charge on any atom is -0.314 e. The summed E-state index contributed by atoms with van der Waals surface area (Å²) in [5.41, 5.74) is 0. The standard InChI is InChI=1S/C12H24N4/c1-4-11(13-5-2)8-7-9-12-14-10-15-16(12)6-3/h10-11,13H,4-9H2,1-3H3. The van der Waals surface area contributed by atoms with Crippen molar-refractivity contribution >= 4 is 0 Å². The summed E-state index contributed by atoms with van der Waals surface area (Å²) in [4.78, 5) is 4.29. The molecule has 0 saturated carbocycles. The quantitative estimate of drug-likeness (QED) is 0.734. The lowest BCUT2D eigenvalue weighted by Gasteiger charge is -2.15. The van der Waals surface area contributed by atoms with Gasteiger partial charge >= 0.3 is 0 Å². The SMILES string of the molecule is CCNC(CC)CCCc1ncnn1CC. The van der Waals surface area contributed by atoms with Crippen LogP contribution >= 0.6 is 0 Å². The number of nitrogens with zero attached hydrogens (tertiary/aromatic N) is 3. The van der Waals surface area contributed by atoms with Gasteiger partial charge in [0.05, 0.1) is 0 Å². The lowest BCUT2D eigenvalue weighted by atomic mass is 10.1. The van der Waals surface area contributed by atoms with Crippen LogP contribution in [0.25, 0.3) is 0 Å². The van der Waals surface area contributed by atoms with Crippen LogP contribution in [0.4, 0.5) is 0 Å². The lowest BCUT2D eigenvalue weighted by molar-refractivity contribution is 0.460. The molecule has 16 heavy (non-hydrogen) atoms. The Labute approximate surface area is 98.5 Å². The zero-order valence-corrected chi connectivity index (χ0v) is 10.7. The molecular formula is C12H24N4. The van der Waals surface area contributed by atoms with Gasteiger partial charge in [-0.3, -0.25) is 4.68 Å². The molecule has 1 aromatic rings. The van der Waals surface area contributed by atoms with Crippen LogP contribution in [0.2, 0.25) is 0 Å². The molecule has 0 aromatic carbocycles. The fourth-order valence-electron chi connectivity index (χ4n) is 1.99. The Morgan fingerprint density at radius 1 is 1.38 bits per heavy atom. The molecule has 1 N–H and O–H groups in total. The summed E-state index contributed by atoms with van der Waals surface area (Å²) < 4.78 is 1.98. The second-order valence-electron chi connectivity index (χ2n) is 4.05. The van der Waals surface area contributed by atoms with Gasteiger partial charge in [0, 0.05) is 19.0 Å². The maximum Gasteiger partial charge on any atom is 0.138 e. The first-order valence-corrected chi connectivity index (χ1v) is 6.41. The van der Waals surface area contributed by atoms with Crippen molar-refractivity contribution in [3.8, 4) is 0 Å². The first kappa shape index (κ1) is 13.2. The van der Waals surface area contributed by atoms with Gasteiger partial charge in [0.15, 0.2) is 0 Å². The maximum absolute atomic E-state index is 4.29. The molecule has 92 valence electrons. The molecule has 0 saturated heterocycles. The average Bonchev–Trinajstić information content (AvgIpc) is 2.75. The molecular weight excluding hydrogens is 200 g/mol. The highest BCUT2D eigenvalue weighted by molar-refractivity contribution is 4.84. The average molecular weight is 224 g/mol. The fraction of sp³-hybridized carbons (Fsp3) is 0.833. The first-order chi connectivity index (χ1) is 7.81. The Kier molecular flexibility index (Phi) is 6.08. The minimum absolute atomic E-state index is 0.656. The molecule has 0 aliphatic heterocycles. The smallest absolute Gasteiger partial charge is 0.138 e. The molecule has 1 atom stereocenters. The number of hydrogen-bond donors (Lipinski definition) is 1. The van der Waals surface area contributed by atoms with Crippen molar-refractivity contribution in [1.29, 1.82) is 0 Å². The second-order valence-corrected chi connectivity index (χ2v) is 4.05. The topological polar surface area (TPSA) is 42.7 Å². The van der Waals surface area contributed by atoms with E-state index in [1.165, 1.54) is 19.3 Å². The van der Waals surface area contributed by atoms with Gasteiger partial charge in [0.2, 0.25) is 0 Å². The van der Waals surface area contributed by atoms with Crippen LogP contribution in [-0.4, -0.2) is 27.4 Å². The molecule has 4 heteroatoms. The molecule has 1 aromatic heterocycles. The van der Waals surface area contributed by atoms with Gasteiger partial charge in [-0.05, 0) is 32.7 Å². The van der Waals surface area contributed by atoms with Crippen molar-refractivity contribution < 1.29 is 0 Å². The summed E-state index contributed by atoms with van der Waals surface area (Å²) in [7, 11) is 0. The minimum atomic E-state index is 0.656. The Bertz CT molecular complexity index is 282. The largest absolute Gasteiger partial charge is 0.314 e. The Morgan fingerprint density at radius 2 is 2.19 bits per heavy atom. The number of hydrogen-bond acceptors (Lipinski definition) is 3. The van der Waals surface area contributed by atoms with E-state index in [0.717, 1.165) is 25.3 Å². The number of aromatic nitrogens is 3. The molecule has 1 heterocycles. The number of nitrogens with one attached hydrogen (secondary N) is 1. The van der Waals surface area contributed by atoms with Gasteiger partial charge in [-0.1, -0.05) is 13.8 Å². The lowest BCUT2D eigenvalue weighted by Crippen LogP contribution is -2.28. The maximum atomic E-state index is 4.29. The van der Waals surface area contributed by atoms with Gasteiger partial charge < -0.3 is 5.32 Å². The second kappa shape index (κ2) is 7.39. The first-order valence-electron chi connectivity index (χ1n) is 6.41. The molecule has 0 bridgehead atoms. The van der Waals surface area contributed by atoms with E-state index in [4.69, 9.17) is 0 Å². The van der Waals surface area contributed by atoms with Gasteiger partial charge in [0.25, 0.3) is 0 Å². The van der Waals surface area contributed by atoms with Crippen molar-refractivity contribution in [2.45, 2.75) is 59.0 Å². The van der Waals surface area contributed by atoms with Crippen LogP contribution < -0.4 is 5.32 Å². The van der Waals surface area contributed by atoms with E-state index in [1.807, 2.05) is 4.68 Å². The van der Waals surface area contributed by atoms with Crippen molar-refractivity contribution in [3.63, 3.8) is 0 Å². The third-order valence-electron chi connectivity index (χ3n) is 2.93. The predicted molar refractivity (Wildman–Crippen MR) is 66.4 cm³/mol. The normalized spacial score (nSPS) is 12.9. The molecule has 4 nitrogen and oxygen atoms in total. The fourth-order valence-corrected chi connectivity index (χ4v) is 1.99. The summed E-state index contributed by atoms with van der Waals surface area (Å²) in [6.45, 7) is 8.48. The zero-order chi connectivity index (χ0) is 11.8. The number of rotatable bonds is 8. The van der Waals surface area contributed by atoms with Crippen LogP contribution in [0.5, 0.6) is 0 Å². The predicted octanol–water partition coefficient (Wildman–Crippen LogP) is 2.01. The van der Waals surface area contributed by atoms with Gasteiger partial charge in [0.1, 0.15) is 12.2 Å². The van der Waals surface area contributed by atoms with Crippen LogP contribution in [-0.2, 0) is 13.0 Å². The summed E-state index contributed by atoms with van der Waals surface area (Å²) in [5.74, 6) is 1.12. The third-order valence-corrected chi connectivity index (χ3v) is 2.93. The van der Waals surface area contributed by atoms with Crippen LogP contribution in [0.1, 0.15) is 45.9 Å². The molecule has 0 amide bonds. The molecule has 0 aliphatic rings. The molecule has 0 radical (unpaired) electrons. The van der Waals surface area contributed by atoms with Crippen LogP contribution in [0, 0.1) is 0 Å². The van der Waals surface area contributed by atoms with E-state index >= 15 is 0 Å². The van der Waals surface area contributed by atoms with E-state index in [-0.39, 0.29) is 0 Å². The Balaban J connectivity index is 2.29. The zero-order valence-electron chi connectivity index (χ0n) is 10.7. The third kappa shape index (κ3) is 3.93. The van der Waals surface area contributed by atoms with E-state index < -0.39 is 0 Å². The van der Waals surface area contributed by atoms with Gasteiger partial charge in [-0.15, -0.1) is 0 Å². The van der Waals surface area contributed by atoms with Crippen molar-refractivity contribution in [1.82, 2.24) is 20.1 Å². The van der Waals surface area contributed by atoms with Gasteiger partial charge in [-0.25, -0.2) is 4.98 Å². The summed E-state index contributed by atoms with van der Waals surface area (Å²) >= 11 is 0. The van der Waals surface area contributed by atoms with Crippen molar-refractivity contribution in [3.05, 3.63) is 12.2 Å². The van der Waals surface area contributed by atoms with Crippen molar-refractivity contribution in [2.24, 2.45) is 0 Å². The highest BCUT2D eigenvalue weighted by atomic mass is 15.3. The summed E-state index contributed by atoms with van der Waals surface area (Å²) in [5, 5.41) is 7.68. The molecule has 0 spiro atoms. The van der Waals surface area contributed by atoms with E-state index in [2.05, 4.69) is 36.2 Å². The molecule has 0 fully saturated rings. The van der Waals surface area contributed by atoms with E-state index in [1.54, 1.807) is 6.33 Å². The van der Waals surface area contributed by atoms with E-state index in [9.17, 15) is 0 Å². The van der Waals surface area contributed by atoms with Crippen LogP contribution in [0.15, 0.2) is 6.33 Å². The Morgan fingerprint density at radius 3 is 2.81 bits per heavy atom. The highest BCUT2D eigenvalue weighted by Crippen LogP contribution is 2.06. The number of aryl methyl sites for hydroxylation is 2. The van der Waals surface area contributed by atoms with E-state index in [0.29, 0.717) is 6.04 Å².